The summed E-state index contributed by atoms with van der Waals surface area (Å²) < 4.78 is 6.92. The Labute approximate surface area is 169 Å². The third kappa shape index (κ3) is 5.16. The number of aromatic nitrogens is 4. The van der Waals surface area contributed by atoms with Crippen molar-refractivity contribution in [3.8, 4) is 0 Å². The first-order chi connectivity index (χ1) is 13.8. The van der Waals surface area contributed by atoms with Crippen molar-refractivity contribution < 1.29 is 14.3 Å². The summed E-state index contributed by atoms with van der Waals surface area (Å²) in [5.74, 6) is -0.514. The normalized spacial score (nSPS) is 12.2. The van der Waals surface area contributed by atoms with Gasteiger partial charge in [0.15, 0.2) is 0 Å². The molecule has 1 amide bonds. The van der Waals surface area contributed by atoms with Gasteiger partial charge in [-0.15, -0.1) is 5.10 Å². The molecule has 2 heterocycles. The second-order valence-electron chi connectivity index (χ2n) is 7.44. The number of esters is 1. The molecule has 3 aromatic rings. The number of aryl methyl sites for hydroxylation is 2. The number of rotatable bonds is 7. The molecule has 0 bridgehead atoms. The molecule has 0 aliphatic rings. The van der Waals surface area contributed by atoms with Gasteiger partial charge in [-0.2, -0.15) is 4.98 Å². The van der Waals surface area contributed by atoms with Gasteiger partial charge in [0, 0.05) is 11.4 Å². The van der Waals surface area contributed by atoms with Gasteiger partial charge in [-0.3, -0.25) is 4.79 Å². The van der Waals surface area contributed by atoms with Gasteiger partial charge >= 0.3 is 5.97 Å². The summed E-state index contributed by atoms with van der Waals surface area (Å²) >= 11 is 0. The van der Waals surface area contributed by atoms with Crippen molar-refractivity contribution in [2.75, 3.05) is 0 Å². The maximum atomic E-state index is 12.7. The van der Waals surface area contributed by atoms with Crippen LogP contribution >= 0.6 is 0 Å². The fourth-order valence-electron chi connectivity index (χ4n) is 3.00. The molecule has 8 heteroatoms. The van der Waals surface area contributed by atoms with Gasteiger partial charge in [-0.05, 0) is 37.8 Å². The van der Waals surface area contributed by atoms with E-state index in [9.17, 15) is 9.59 Å². The largest absolute Gasteiger partial charge is 0.459 e. The summed E-state index contributed by atoms with van der Waals surface area (Å²) in [6.45, 7) is 7.81. The zero-order chi connectivity index (χ0) is 21.0. The number of carbonyl (C=O) groups excluding carboxylic acids is 2. The molecular weight excluding hydrogens is 370 g/mol. The van der Waals surface area contributed by atoms with Crippen LogP contribution < -0.4 is 5.32 Å². The SMILES string of the molecule is Cc1cc(C)n2nc(C(=O)N[C@@H](CC(C)C)C(=O)OCc3ccccc3)nc2n1. The lowest BCUT2D eigenvalue weighted by Gasteiger charge is -2.18. The van der Waals surface area contributed by atoms with E-state index >= 15 is 0 Å². The van der Waals surface area contributed by atoms with E-state index in [1.165, 1.54) is 4.52 Å². The van der Waals surface area contributed by atoms with E-state index in [0.717, 1.165) is 17.0 Å². The third-order valence-corrected chi connectivity index (χ3v) is 4.34. The van der Waals surface area contributed by atoms with Gasteiger partial charge in [0.1, 0.15) is 12.6 Å². The lowest BCUT2D eigenvalue weighted by Crippen LogP contribution is -2.43. The highest BCUT2D eigenvalue weighted by Crippen LogP contribution is 2.10. The molecule has 3 rings (SSSR count). The Bertz CT molecular complexity index is 1010. The number of hydrogen-bond acceptors (Lipinski definition) is 6. The van der Waals surface area contributed by atoms with Crippen LogP contribution in [0.25, 0.3) is 5.78 Å². The van der Waals surface area contributed by atoms with Crippen LogP contribution in [0, 0.1) is 19.8 Å². The summed E-state index contributed by atoms with van der Waals surface area (Å²) in [5.41, 5.74) is 2.49. The highest BCUT2D eigenvalue weighted by Gasteiger charge is 2.26. The summed E-state index contributed by atoms with van der Waals surface area (Å²) in [4.78, 5) is 33.8. The maximum absolute atomic E-state index is 12.7. The second-order valence-corrected chi connectivity index (χ2v) is 7.44. The summed E-state index contributed by atoms with van der Waals surface area (Å²) in [7, 11) is 0. The van der Waals surface area contributed by atoms with E-state index in [2.05, 4.69) is 20.4 Å². The smallest absolute Gasteiger partial charge is 0.328 e. The molecule has 0 radical (unpaired) electrons. The second kappa shape index (κ2) is 8.81. The van der Waals surface area contributed by atoms with E-state index in [-0.39, 0.29) is 18.3 Å². The molecule has 1 aromatic carbocycles. The minimum absolute atomic E-state index is 0.0317. The van der Waals surface area contributed by atoms with E-state index in [1.54, 1.807) is 0 Å². The molecular formula is C21H25N5O3. The van der Waals surface area contributed by atoms with Crippen LogP contribution in [0.4, 0.5) is 0 Å². The Balaban J connectivity index is 1.72. The molecule has 0 aliphatic heterocycles. The number of carbonyl (C=O) groups is 2. The van der Waals surface area contributed by atoms with Crippen LogP contribution in [0.2, 0.25) is 0 Å². The molecule has 1 atom stereocenters. The van der Waals surface area contributed by atoms with Gasteiger partial charge in [-0.1, -0.05) is 44.2 Å². The van der Waals surface area contributed by atoms with E-state index in [4.69, 9.17) is 4.74 Å². The standard InChI is InChI=1S/C21H25N5O3/c1-13(2)10-17(20(28)29-12-16-8-6-5-7-9-16)23-19(27)18-24-21-22-14(3)11-15(4)26(21)25-18/h5-9,11,13,17H,10,12H2,1-4H3,(H,23,27)/t17-/m0/s1. The quantitative estimate of drug-likeness (QED) is 0.618. The Hall–Kier alpha value is -3.29. The molecule has 1 N–H and O–H groups in total. The topological polar surface area (TPSA) is 98.5 Å². The van der Waals surface area contributed by atoms with E-state index < -0.39 is 17.9 Å². The summed E-state index contributed by atoms with van der Waals surface area (Å²) in [5, 5.41) is 6.93. The Morgan fingerprint density at radius 2 is 1.86 bits per heavy atom. The number of hydrogen-bond donors (Lipinski definition) is 1. The van der Waals surface area contributed by atoms with Crippen LogP contribution in [-0.4, -0.2) is 37.5 Å². The highest BCUT2D eigenvalue weighted by atomic mass is 16.5. The first-order valence-corrected chi connectivity index (χ1v) is 9.56. The fraction of sp³-hybridized carbons (Fsp3) is 0.381. The van der Waals surface area contributed by atoms with Gasteiger partial charge in [0.05, 0.1) is 0 Å². The lowest BCUT2D eigenvalue weighted by molar-refractivity contribution is -0.147. The number of nitrogens with zero attached hydrogens (tertiary/aromatic N) is 4. The molecule has 0 saturated heterocycles. The number of amides is 1. The predicted octanol–water partition coefficient (Wildman–Crippen LogP) is 2.63. The van der Waals surface area contributed by atoms with Crippen molar-refractivity contribution in [2.45, 2.75) is 46.8 Å². The first kappa shape index (κ1) is 20.4. The minimum atomic E-state index is -0.784. The zero-order valence-electron chi connectivity index (χ0n) is 17.0. The van der Waals surface area contributed by atoms with Crippen LogP contribution in [0.3, 0.4) is 0 Å². The van der Waals surface area contributed by atoms with Gasteiger partial charge < -0.3 is 10.1 Å². The van der Waals surface area contributed by atoms with Gasteiger partial charge in [-0.25, -0.2) is 14.3 Å². The highest BCUT2D eigenvalue weighted by molar-refractivity contribution is 5.94. The van der Waals surface area contributed by atoms with Gasteiger partial charge in [0.25, 0.3) is 11.7 Å². The number of fused-ring (bicyclic) bond motifs is 1. The molecule has 152 valence electrons. The fourth-order valence-corrected chi connectivity index (χ4v) is 3.00. The Morgan fingerprint density at radius 1 is 1.14 bits per heavy atom. The van der Waals surface area contributed by atoms with Crippen molar-refractivity contribution in [2.24, 2.45) is 5.92 Å². The first-order valence-electron chi connectivity index (χ1n) is 9.56. The zero-order valence-corrected chi connectivity index (χ0v) is 17.0. The van der Waals surface area contributed by atoms with Crippen LogP contribution in [-0.2, 0) is 16.1 Å². The van der Waals surface area contributed by atoms with Crippen molar-refractivity contribution in [1.82, 2.24) is 24.9 Å². The van der Waals surface area contributed by atoms with Crippen molar-refractivity contribution >= 4 is 17.7 Å². The van der Waals surface area contributed by atoms with Crippen molar-refractivity contribution in [1.29, 1.82) is 0 Å². The van der Waals surface area contributed by atoms with Gasteiger partial charge in [0.2, 0.25) is 5.82 Å². The molecule has 0 fully saturated rings. The monoisotopic (exact) mass is 395 g/mol. The Kier molecular flexibility index (Phi) is 6.21. The molecule has 8 nitrogen and oxygen atoms in total. The Morgan fingerprint density at radius 3 is 2.55 bits per heavy atom. The van der Waals surface area contributed by atoms with Crippen molar-refractivity contribution in [3.63, 3.8) is 0 Å². The molecule has 0 saturated carbocycles. The number of benzene rings is 1. The molecule has 2 aromatic heterocycles. The molecule has 29 heavy (non-hydrogen) atoms. The van der Waals surface area contributed by atoms with E-state index in [1.807, 2.05) is 64.1 Å². The van der Waals surface area contributed by atoms with Crippen molar-refractivity contribution in [3.05, 3.63) is 59.2 Å². The summed E-state index contributed by atoms with van der Waals surface area (Å²) in [6, 6.07) is 10.5. The average molecular weight is 395 g/mol. The maximum Gasteiger partial charge on any atom is 0.328 e. The number of nitrogens with one attached hydrogen (secondary N) is 1. The summed E-state index contributed by atoms with van der Waals surface area (Å²) in [6.07, 6.45) is 0.448. The molecule has 0 spiro atoms. The number of ether oxygens (including phenoxy) is 1. The van der Waals surface area contributed by atoms with Crippen LogP contribution in [0.15, 0.2) is 36.4 Å². The van der Waals surface area contributed by atoms with Crippen LogP contribution in [0.5, 0.6) is 0 Å². The van der Waals surface area contributed by atoms with E-state index in [0.29, 0.717) is 12.2 Å². The molecule has 0 aliphatic carbocycles. The lowest BCUT2D eigenvalue weighted by atomic mass is 10.0. The van der Waals surface area contributed by atoms with Crippen LogP contribution in [0.1, 0.15) is 47.8 Å². The average Bonchev–Trinajstić information content (AvgIpc) is 3.10. The molecule has 0 unspecified atom stereocenters. The predicted molar refractivity (Wildman–Crippen MR) is 107 cm³/mol. The minimum Gasteiger partial charge on any atom is -0.459 e. The third-order valence-electron chi connectivity index (χ3n) is 4.34.